The molecule has 0 aliphatic heterocycles. The van der Waals surface area contributed by atoms with Gasteiger partial charge in [0.05, 0.1) is 12.9 Å². The molecule has 19 heavy (non-hydrogen) atoms. The van der Waals surface area contributed by atoms with Gasteiger partial charge in [-0.3, -0.25) is 4.18 Å². The SMILES string of the molecule is CC(COS(C)(=O)=O)Cc1cnc(C(F)(F)F)nc1. The van der Waals surface area contributed by atoms with E-state index in [9.17, 15) is 21.6 Å². The quantitative estimate of drug-likeness (QED) is 0.773. The molecule has 0 aliphatic carbocycles. The van der Waals surface area contributed by atoms with E-state index in [0.29, 0.717) is 12.0 Å². The van der Waals surface area contributed by atoms with Gasteiger partial charge in [-0.1, -0.05) is 6.92 Å². The minimum Gasteiger partial charge on any atom is -0.270 e. The Morgan fingerprint density at radius 1 is 1.32 bits per heavy atom. The Hall–Kier alpha value is -1.22. The topological polar surface area (TPSA) is 69.2 Å². The summed E-state index contributed by atoms with van der Waals surface area (Å²) in [5.41, 5.74) is 0.484. The van der Waals surface area contributed by atoms with Crippen molar-refractivity contribution in [2.45, 2.75) is 19.5 Å². The molecule has 1 atom stereocenters. The van der Waals surface area contributed by atoms with Crippen LogP contribution in [-0.2, 0) is 26.9 Å². The number of nitrogens with zero attached hydrogens (tertiary/aromatic N) is 2. The molecule has 0 fully saturated rings. The van der Waals surface area contributed by atoms with Crippen LogP contribution in [0.1, 0.15) is 18.3 Å². The van der Waals surface area contributed by atoms with Crippen LogP contribution in [0.15, 0.2) is 12.4 Å². The lowest BCUT2D eigenvalue weighted by Gasteiger charge is -2.11. The van der Waals surface area contributed by atoms with Gasteiger partial charge in [-0.05, 0) is 17.9 Å². The average Bonchev–Trinajstić information content (AvgIpc) is 2.25. The van der Waals surface area contributed by atoms with Gasteiger partial charge in [0.25, 0.3) is 10.1 Å². The first-order valence-electron chi connectivity index (χ1n) is 5.30. The van der Waals surface area contributed by atoms with E-state index < -0.39 is 22.1 Å². The Bertz CT molecular complexity index is 514. The molecule has 1 rings (SSSR count). The van der Waals surface area contributed by atoms with Crippen molar-refractivity contribution in [3.05, 3.63) is 23.8 Å². The molecule has 1 aromatic rings. The third-order valence-electron chi connectivity index (χ3n) is 2.11. The highest BCUT2D eigenvalue weighted by atomic mass is 32.2. The van der Waals surface area contributed by atoms with Crippen LogP contribution in [0.5, 0.6) is 0 Å². The zero-order valence-corrected chi connectivity index (χ0v) is 11.1. The van der Waals surface area contributed by atoms with E-state index in [0.717, 1.165) is 18.6 Å². The van der Waals surface area contributed by atoms with E-state index in [1.165, 1.54) is 0 Å². The lowest BCUT2D eigenvalue weighted by Crippen LogP contribution is -2.14. The Morgan fingerprint density at radius 3 is 2.26 bits per heavy atom. The van der Waals surface area contributed by atoms with Gasteiger partial charge in [0.2, 0.25) is 5.82 Å². The molecule has 0 aromatic carbocycles. The first kappa shape index (κ1) is 15.8. The first-order valence-corrected chi connectivity index (χ1v) is 7.12. The molecule has 0 saturated carbocycles. The van der Waals surface area contributed by atoms with Crippen molar-refractivity contribution in [2.24, 2.45) is 5.92 Å². The van der Waals surface area contributed by atoms with Crippen LogP contribution in [0.4, 0.5) is 13.2 Å². The highest BCUT2D eigenvalue weighted by molar-refractivity contribution is 7.85. The fourth-order valence-electron chi connectivity index (χ4n) is 1.31. The van der Waals surface area contributed by atoms with Gasteiger partial charge < -0.3 is 0 Å². The summed E-state index contributed by atoms with van der Waals surface area (Å²) in [6, 6.07) is 0. The maximum absolute atomic E-state index is 12.2. The van der Waals surface area contributed by atoms with Gasteiger partial charge in [0, 0.05) is 12.4 Å². The van der Waals surface area contributed by atoms with Crippen LogP contribution in [0, 0.1) is 5.92 Å². The molecule has 0 saturated heterocycles. The van der Waals surface area contributed by atoms with Crippen molar-refractivity contribution in [2.75, 3.05) is 12.9 Å². The summed E-state index contributed by atoms with van der Waals surface area (Å²) in [5.74, 6) is -1.38. The molecular formula is C10H13F3N2O3S. The zero-order valence-electron chi connectivity index (χ0n) is 10.3. The Kier molecular flexibility index (Phi) is 4.86. The van der Waals surface area contributed by atoms with Gasteiger partial charge in [0.1, 0.15) is 0 Å². The highest BCUT2D eigenvalue weighted by Crippen LogP contribution is 2.25. The van der Waals surface area contributed by atoms with Gasteiger partial charge in [0.15, 0.2) is 0 Å². The molecular weight excluding hydrogens is 285 g/mol. The largest absolute Gasteiger partial charge is 0.451 e. The Balaban J connectivity index is 2.58. The molecule has 0 radical (unpaired) electrons. The fourth-order valence-corrected chi connectivity index (χ4v) is 1.79. The minimum absolute atomic E-state index is 0.0418. The molecule has 5 nitrogen and oxygen atoms in total. The number of halogens is 3. The molecule has 1 unspecified atom stereocenters. The summed E-state index contributed by atoms with van der Waals surface area (Å²) in [7, 11) is -3.52. The van der Waals surface area contributed by atoms with Gasteiger partial charge >= 0.3 is 6.18 Å². The van der Waals surface area contributed by atoms with Crippen molar-refractivity contribution in [1.82, 2.24) is 9.97 Å². The monoisotopic (exact) mass is 298 g/mol. The van der Waals surface area contributed by atoms with Crippen LogP contribution < -0.4 is 0 Å². The van der Waals surface area contributed by atoms with Crippen molar-refractivity contribution in [3.8, 4) is 0 Å². The number of alkyl halides is 3. The lowest BCUT2D eigenvalue weighted by atomic mass is 10.1. The smallest absolute Gasteiger partial charge is 0.270 e. The predicted molar refractivity (Wildman–Crippen MR) is 60.7 cm³/mol. The summed E-state index contributed by atoms with van der Waals surface area (Å²) < 4.78 is 62.8. The highest BCUT2D eigenvalue weighted by Gasteiger charge is 2.34. The minimum atomic E-state index is -4.57. The summed E-state index contributed by atoms with van der Waals surface area (Å²) in [6.45, 7) is 1.67. The van der Waals surface area contributed by atoms with Crippen LogP contribution >= 0.6 is 0 Å². The van der Waals surface area contributed by atoms with Crippen LogP contribution in [-0.4, -0.2) is 31.2 Å². The Morgan fingerprint density at radius 2 is 1.84 bits per heavy atom. The summed E-state index contributed by atoms with van der Waals surface area (Å²) in [5, 5.41) is 0. The predicted octanol–water partition coefficient (Wildman–Crippen LogP) is 1.65. The molecule has 0 amide bonds. The lowest BCUT2D eigenvalue weighted by molar-refractivity contribution is -0.145. The zero-order chi connectivity index (χ0) is 14.7. The molecule has 1 heterocycles. The summed E-state index contributed by atoms with van der Waals surface area (Å²) >= 11 is 0. The fraction of sp³-hybridized carbons (Fsp3) is 0.600. The van der Waals surface area contributed by atoms with Crippen molar-refractivity contribution in [3.63, 3.8) is 0 Å². The van der Waals surface area contributed by atoms with Crippen LogP contribution in [0.2, 0.25) is 0 Å². The standard InChI is InChI=1S/C10H13F3N2O3S/c1-7(6-18-19(2,16)17)3-8-4-14-9(15-5-8)10(11,12)13/h4-5,7H,3,6H2,1-2H3. The first-order chi connectivity index (χ1) is 8.58. The van der Waals surface area contributed by atoms with Crippen LogP contribution in [0.3, 0.4) is 0 Å². The molecule has 0 aliphatic rings. The number of hydrogen-bond donors (Lipinski definition) is 0. The van der Waals surface area contributed by atoms with Gasteiger partial charge in [-0.25, -0.2) is 9.97 Å². The summed E-state index contributed by atoms with van der Waals surface area (Å²) in [4.78, 5) is 6.43. The maximum atomic E-state index is 12.2. The van der Waals surface area contributed by atoms with E-state index in [2.05, 4.69) is 14.2 Å². The van der Waals surface area contributed by atoms with E-state index in [1.54, 1.807) is 6.92 Å². The molecule has 1 aromatic heterocycles. The molecule has 9 heteroatoms. The molecule has 108 valence electrons. The molecule has 0 N–H and O–H groups in total. The van der Waals surface area contributed by atoms with Crippen molar-refractivity contribution in [1.29, 1.82) is 0 Å². The van der Waals surface area contributed by atoms with Gasteiger partial charge in [-0.2, -0.15) is 21.6 Å². The average molecular weight is 298 g/mol. The second-order valence-electron chi connectivity index (χ2n) is 4.21. The maximum Gasteiger partial charge on any atom is 0.451 e. The second-order valence-corrected chi connectivity index (χ2v) is 5.85. The van der Waals surface area contributed by atoms with Gasteiger partial charge in [-0.15, -0.1) is 0 Å². The number of hydrogen-bond acceptors (Lipinski definition) is 5. The van der Waals surface area contributed by atoms with Crippen molar-refractivity contribution < 1.29 is 25.8 Å². The second kappa shape index (κ2) is 5.83. The summed E-state index contributed by atoms with van der Waals surface area (Å²) in [6.07, 6.45) is -1.16. The normalized spacial score (nSPS) is 14.4. The third kappa shape index (κ3) is 5.97. The Labute approximate surface area is 109 Å². The number of aromatic nitrogens is 2. The molecule has 0 spiro atoms. The third-order valence-corrected chi connectivity index (χ3v) is 2.67. The van der Waals surface area contributed by atoms with E-state index >= 15 is 0 Å². The van der Waals surface area contributed by atoms with E-state index in [4.69, 9.17) is 0 Å². The van der Waals surface area contributed by atoms with E-state index in [1.807, 2.05) is 0 Å². The van der Waals surface area contributed by atoms with Crippen molar-refractivity contribution >= 4 is 10.1 Å². The van der Waals surface area contributed by atoms with Crippen LogP contribution in [0.25, 0.3) is 0 Å². The molecule has 0 bridgehead atoms. The van der Waals surface area contributed by atoms with E-state index in [-0.39, 0.29) is 12.5 Å². The number of rotatable bonds is 5.